The minimum atomic E-state index is -0.946. The van der Waals surface area contributed by atoms with Crippen LogP contribution in [-0.2, 0) is 0 Å². The van der Waals surface area contributed by atoms with Gasteiger partial charge in [0.1, 0.15) is 13.2 Å². The normalized spacial score (nSPS) is 15.5. The summed E-state index contributed by atoms with van der Waals surface area (Å²) in [6.07, 6.45) is -0.309. The predicted molar refractivity (Wildman–Crippen MR) is 61.8 cm³/mol. The zero-order chi connectivity index (χ0) is 12.4. The monoisotopic (exact) mass is 257 g/mol. The fourth-order valence-corrected chi connectivity index (χ4v) is 2.07. The quantitative estimate of drug-likeness (QED) is 0.787. The molecule has 0 fully saturated rings. The third kappa shape index (κ3) is 2.09. The van der Waals surface area contributed by atoms with Crippen LogP contribution in [0.3, 0.4) is 0 Å². The van der Waals surface area contributed by atoms with Crippen LogP contribution in [-0.4, -0.2) is 31.2 Å². The molecule has 1 aromatic carbocycles. The average Bonchev–Trinajstić information content (AvgIpc) is 2.37. The van der Waals surface area contributed by atoms with Crippen molar-refractivity contribution < 1.29 is 19.4 Å². The Morgan fingerprint density at radius 2 is 2.12 bits per heavy atom. The van der Waals surface area contributed by atoms with E-state index in [-0.39, 0.29) is 11.6 Å². The Hall–Kier alpha value is -1.30. The van der Waals surface area contributed by atoms with E-state index >= 15 is 0 Å². The van der Waals surface area contributed by atoms with Gasteiger partial charge in [-0.05, 0) is 6.07 Å². The number of halogens is 1. The minimum absolute atomic E-state index is 0.00988. The second kappa shape index (κ2) is 4.91. The highest BCUT2D eigenvalue weighted by Crippen LogP contribution is 2.43. The summed E-state index contributed by atoms with van der Waals surface area (Å²) < 4.78 is 10.8. The van der Waals surface area contributed by atoms with Crippen LogP contribution in [0.1, 0.15) is 22.0 Å². The molecule has 1 aliphatic heterocycles. The number of aliphatic hydroxyl groups is 1. The number of carbonyl (C=O) groups is 1. The SMILES string of the molecule is NCC(O)c1c(Cl)cc(C=O)c2c1OCCO2. The van der Waals surface area contributed by atoms with Crippen molar-refractivity contribution in [3.05, 3.63) is 22.2 Å². The summed E-state index contributed by atoms with van der Waals surface area (Å²) in [6.45, 7) is 0.708. The molecule has 0 amide bonds. The maximum Gasteiger partial charge on any atom is 0.172 e. The summed E-state index contributed by atoms with van der Waals surface area (Å²) >= 11 is 6.01. The van der Waals surface area contributed by atoms with Gasteiger partial charge in [0.15, 0.2) is 17.8 Å². The highest BCUT2D eigenvalue weighted by Gasteiger charge is 2.26. The van der Waals surface area contributed by atoms with Gasteiger partial charge in [0, 0.05) is 12.1 Å². The van der Waals surface area contributed by atoms with Gasteiger partial charge in [-0.15, -0.1) is 0 Å². The largest absolute Gasteiger partial charge is 0.486 e. The molecule has 0 bridgehead atoms. The molecule has 2 rings (SSSR count). The average molecular weight is 258 g/mol. The van der Waals surface area contributed by atoms with E-state index < -0.39 is 6.10 Å². The second-order valence-electron chi connectivity index (χ2n) is 3.59. The molecule has 0 saturated carbocycles. The van der Waals surface area contributed by atoms with Gasteiger partial charge in [0.2, 0.25) is 0 Å². The molecule has 0 spiro atoms. The van der Waals surface area contributed by atoms with Crippen LogP contribution in [0.4, 0.5) is 0 Å². The molecule has 0 saturated heterocycles. The number of aliphatic hydroxyl groups excluding tert-OH is 1. The van der Waals surface area contributed by atoms with E-state index in [1.165, 1.54) is 6.07 Å². The molecule has 92 valence electrons. The molecule has 3 N–H and O–H groups in total. The van der Waals surface area contributed by atoms with Gasteiger partial charge in [0.25, 0.3) is 0 Å². The molecule has 17 heavy (non-hydrogen) atoms. The van der Waals surface area contributed by atoms with Gasteiger partial charge in [-0.25, -0.2) is 0 Å². The first kappa shape index (κ1) is 12.2. The lowest BCUT2D eigenvalue weighted by Gasteiger charge is -2.24. The van der Waals surface area contributed by atoms with E-state index in [0.717, 1.165) is 0 Å². The number of hydrogen-bond donors (Lipinski definition) is 2. The second-order valence-corrected chi connectivity index (χ2v) is 3.99. The molecule has 1 heterocycles. The van der Waals surface area contributed by atoms with Gasteiger partial charge in [-0.3, -0.25) is 4.79 Å². The van der Waals surface area contributed by atoms with Gasteiger partial charge in [0.05, 0.1) is 16.7 Å². The highest BCUT2D eigenvalue weighted by atomic mass is 35.5. The highest BCUT2D eigenvalue weighted by molar-refractivity contribution is 6.32. The maximum atomic E-state index is 10.9. The van der Waals surface area contributed by atoms with Gasteiger partial charge in [-0.1, -0.05) is 11.6 Å². The summed E-state index contributed by atoms with van der Waals surface area (Å²) in [6, 6.07) is 1.44. The lowest BCUT2D eigenvalue weighted by molar-refractivity contribution is 0.110. The van der Waals surface area contributed by atoms with Crippen molar-refractivity contribution in [2.45, 2.75) is 6.10 Å². The van der Waals surface area contributed by atoms with Crippen LogP contribution in [0.2, 0.25) is 5.02 Å². The molecule has 0 aromatic heterocycles. The molecule has 1 unspecified atom stereocenters. The number of carbonyl (C=O) groups excluding carboxylic acids is 1. The van der Waals surface area contributed by atoms with Crippen molar-refractivity contribution >= 4 is 17.9 Å². The molecular formula is C11H12ClNO4. The first-order chi connectivity index (χ1) is 8.19. The molecule has 5 nitrogen and oxygen atoms in total. The summed E-state index contributed by atoms with van der Waals surface area (Å²) in [5, 5.41) is 10.0. The van der Waals surface area contributed by atoms with E-state index in [0.29, 0.717) is 42.1 Å². The first-order valence-corrected chi connectivity index (χ1v) is 5.52. The van der Waals surface area contributed by atoms with Crippen LogP contribution in [0.25, 0.3) is 0 Å². The summed E-state index contributed by atoms with van der Waals surface area (Å²) in [5.74, 6) is 0.627. The van der Waals surface area contributed by atoms with Crippen molar-refractivity contribution in [1.82, 2.24) is 0 Å². The number of ether oxygens (including phenoxy) is 2. The molecule has 1 aliphatic rings. The Balaban J connectivity index is 2.63. The summed E-state index contributed by atoms with van der Waals surface area (Å²) in [5.41, 5.74) is 6.08. The Labute approximate surface area is 103 Å². The van der Waals surface area contributed by atoms with Crippen molar-refractivity contribution in [3.8, 4) is 11.5 Å². The van der Waals surface area contributed by atoms with Crippen LogP contribution >= 0.6 is 11.6 Å². The molecular weight excluding hydrogens is 246 g/mol. The number of benzene rings is 1. The fraction of sp³-hybridized carbons (Fsp3) is 0.364. The number of hydrogen-bond acceptors (Lipinski definition) is 5. The Bertz CT molecular complexity index is 450. The molecule has 1 aromatic rings. The van der Waals surface area contributed by atoms with Gasteiger partial charge >= 0.3 is 0 Å². The predicted octanol–water partition coefficient (Wildman–Crippen LogP) is 0.916. The fourth-order valence-electron chi connectivity index (χ4n) is 1.74. The third-order valence-corrected chi connectivity index (χ3v) is 2.82. The van der Waals surface area contributed by atoms with Gasteiger partial charge in [-0.2, -0.15) is 0 Å². The number of rotatable bonds is 3. The van der Waals surface area contributed by atoms with Crippen LogP contribution in [0, 0.1) is 0 Å². The maximum absolute atomic E-state index is 10.9. The zero-order valence-electron chi connectivity index (χ0n) is 8.98. The van der Waals surface area contributed by atoms with Crippen molar-refractivity contribution in [3.63, 3.8) is 0 Å². The summed E-state index contributed by atoms with van der Waals surface area (Å²) in [4.78, 5) is 10.9. The summed E-state index contributed by atoms with van der Waals surface area (Å²) in [7, 11) is 0. The van der Waals surface area contributed by atoms with Crippen molar-refractivity contribution in [2.75, 3.05) is 19.8 Å². The molecule has 6 heteroatoms. The lowest BCUT2D eigenvalue weighted by atomic mass is 10.0. The number of aldehydes is 1. The Morgan fingerprint density at radius 3 is 2.71 bits per heavy atom. The van der Waals surface area contributed by atoms with Crippen LogP contribution in [0.5, 0.6) is 11.5 Å². The van der Waals surface area contributed by atoms with E-state index in [9.17, 15) is 9.90 Å². The van der Waals surface area contributed by atoms with Crippen LogP contribution < -0.4 is 15.2 Å². The lowest BCUT2D eigenvalue weighted by Crippen LogP contribution is -2.21. The van der Waals surface area contributed by atoms with Crippen LogP contribution in [0.15, 0.2) is 6.07 Å². The van der Waals surface area contributed by atoms with E-state index in [1.807, 2.05) is 0 Å². The van der Waals surface area contributed by atoms with Gasteiger partial charge < -0.3 is 20.3 Å². The number of fused-ring (bicyclic) bond motifs is 1. The van der Waals surface area contributed by atoms with E-state index in [2.05, 4.69) is 0 Å². The number of nitrogens with two attached hydrogens (primary N) is 1. The van der Waals surface area contributed by atoms with Crippen molar-refractivity contribution in [2.24, 2.45) is 5.73 Å². The topological polar surface area (TPSA) is 81.8 Å². The molecule has 1 atom stereocenters. The van der Waals surface area contributed by atoms with E-state index in [4.69, 9.17) is 26.8 Å². The first-order valence-electron chi connectivity index (χ1n) is 5.14. The molecule has 0 radical (unpaired) electrons. The minimum Gasteiger partial charge on any atom is -0.486 e. The standard InChI is InChI=1S/C11H12ClNO4/c12-7-3-6(5-14)10-11(17-2-1-16-10)9(7)8(15)4-13/h3,5,8,15H,1-2,4,13H2. The van der Waals surface area contributed by atoms with E-state index in [1.54, 1.807) is 0 Å². The van der Waals surface area contributed by atoms with Crippen molar-refractivity contribution in [1.29, 1.82) is 0 Å². The third-order valence-electron chi connectivity index (χ3n) is 2.51. The zero-order valence-corrected chi connectivity index (χ0v) is 9.74. The Morgan fingerprint density at radius 1 is 1.47 bits per heavy atom. The molecule has 0 aliphatic carbocycles. The smallest absolute Gasteiger partial charge is 0.172 e. The Kier molecular flexibility index (Phi) is 3.51.